The minimum absolute atomic E-state index is 0.165. The minimum atomic E-state index is -0.866. The Hall–Kier alpha value is -2.29. The maximum Gasteiger partial charge on any atom is 0.339 e. The van der Waals surface area contributed by atoms with E-state index in [0.29, 0.717) is 19.8 Å². The molecule has 8 nitrogen and oxygen atoms in total. The van der Waals surface area contributed by atoms with Gasteiger partial charge in [-0.25, -0.2) is 9.69 Å². The van der Waals surface area contributed by atoms with Crippen LogP contribution in [0.2, 0.25) is 0 Å². The first-order valence-electron chi connectivity index (χ1n) is 7.70. The Bertz CT molecular complexity index is 720. The fraction of sp³-hybridized carbons (Fsp3) is 0.438. The molecule has 126 valence electrons. The summed E-state index contributed by atoms with van der Waals surface area (Å²) in [6, 6.07) is 6.10. The number of morpholine rings is 1. The summed E-state index contributed by atoms with van der Waals surface area (Å²) in [5.74, 6) is -2.06. The predicted molar refractivity (Wildman–Crippen MR) is 80.0 cm³/mol. The molecule has 3 aliphatic rings. The molecule has 2 amide bonds. The SMILES string of the molecule is COC(=O)c1ccccc1N1C(=O)[C@@H]2[C@H](ON3CCOC[C@H]23)C1=O. The van der Waals surface area contributed by atoms with Crippen LogP contribution < -0.4 is 4.90 Å². The molecule has 3 aliphatic heterocycles. The first-order chi connectivity index (χ1) is 11.6. The Kier molecular flexibility index (Phi) is 3.60. The summed E-state index contributed by atoms with van der Waals surface area (Å²) in [6.07, 6.45) is -0.866. The summed E-state index contributed by atoms with van der Waals surface area (Å²) in [5, 5.41) is 1.66. The molecular weight excluding hydrogens is 316 g/mol. The number of methoxy groups -OCH3 is 1. The van der Waals surface area contributed by atoms with Gasteiger partial charge in [-0.05, 0) is 12.1 Å². The highest BCUT2D eigenvalue weighted by Crippen LogP contribution is 2.39. The molecule has 1 aromatic rings. The number of hydrogen-bond acceptors (Lipinski definition) is 7. The summed E-state index contributed by atoms with van der Waals surface area (Å²) >= 11 is 0. The zero-order valence-electron chi connectivity index (χ0n) is 13.0. The van der Waals surface area contributed by atoms with Crippen LogP contribution in [0, 0.1) is 5.92 Å². The standard InChI is InChI=1S/C16H16N2O6/c1-22-16(21)9-4-2-3-5-10(9)18-14(19)12-11-8-23-7-6-17(11)24-13(12)15(18)20/h2-5,11-13H,6-8H2,1H3/t11-,12+,13+/m1/s1. The van der Waals surface area contributed by atoms with Crippen LogP contribution in [0.4, 0.5) is 5.69 Å². The van der Waals surface area contributed by atoms with E-state index in [1.807, 2.05) is 0 Å². The van der Waals surface area contributed by atoms with Crippen molar-refractivity contribution in [1.82, 2.24) is 5.06 Å². The second-order valence-electron chi connectivity index (χ2n) is 5.86. The molecule has 3 atom stereocenters. The smallest absolute Gasteiger partial charge is 0.339 e. The van der Waals surface area contributed by atoms with Gasteiger partial charge in [0.15, 0.2) is 6.10 Å². The molecule has 0 saturated carbocycles. The lowest BCUT2D eigenvalue weighted by Crippen LogP contribution is -2.47. The zero-order chi connectivity index (χ0) is 16.8. The molecule has 0 aromatic heterocycles. The van der Waals surface area contributed by atoms with Crippen molar-refractivity contribution in [2.75, 3.05) is 31.8 Å². The monoisotopic (exact) mass is 332 g/mol. The lowest BCUT2D eigenvalue weighted by Gasteiger charge is -2.30. The van der Waals surface area contributed by atoms with Crippen molar-refractivity contribution >= 4 is 23.5 Å². The highest BCUT2D eigenvalue weighted by atomic mass is 16.7. The van der Waals surface area contributed by atoms with Gasteiger partial charge in [0.2, 0.25) is 5.91 Å². The van der Waals surface area contributed by atoms with Gasteiger partial charge in [-0.1, -0.05) is 12.1 Å². The van der Waals surface area contributed by atoms with Gasteiger partial charge in [0, 0.05) is 6.54 Å². The van der Waals surface area contributed by atoms with Crippen LogP contribution in [0.15, 0.2) is 24.3 Å². The van der Waals surface area contributed by atoms with E-state index < -0.39 is 23.9 Å². The quantitative estimate of drug-likeness (QED) is 0.556. The Morgan fingerprint density at radius 1 is 1.25 bits per heavy atom. The molecule has 0 aliphatic carbocycles. The van der Waals surface area contributed by atoms with Crippen molar-refractivity contribution in [2.24, 2.45) is 5.92 Å². The number of para-hydroxylation sites is 1. The lowest BCUT2D eigenvalue weighted by molar-refractivity contribution is -0.197. The summed E-state index contributed by atoms with van der Waals surface area (Å²) in [4.78, 5) is 44.3. The number of ether oxygens (including phenoxy) is 2. The summed E-state index contributed by atoms with van der Waals surface area (Å²) in [5.41, 5.74) is 0.388. The van der Waals surface area contributed by atoms with Gasteiger partial charge >= 0.3 is 5.97 Å². The molecule has 4 rings (SSSR count). The minimum Gasteiger partial charge on any atom is -0.465 e. The number of rotatable bonds is 2. The second-order valence-corrected chi connectivity index (χ2v) is 5.86. The number of esters is 1. The molecule has 3 fully saturated rings. The molecule has 0 unspecified atom stereocenters. The van der Waals surface area contributed by atoms with Crippen LogP contribution in [0.5, 0.6) is 0 Å². The Balaban J connectivity index is 1.71. The Morgan fingerprint density at radius 2 is 2.04 bits per heavy atom. The second kappa shape index (κ2) is 5.66. The van der Waals surface area contributed by atoms with Crippen LogP contribution >= 0.6 is 0 Å². The van der Waals surface area contributed by atoms with E-state index in [4.69, 9.17) is 14.3 Å². The van der Waals surface area contributed by atoms with E-state index in [2.05, 4.69) is 0 Å². The van der Waals surface area contributed by atoms with Gasteiger partial charge in [0.25, 0.3) is 5.91 Å². The molecule has 3 saturated heterocycles. The number of nitrogens with zero attached hydrogens (tertiary/aromatic N) is 2. The topological polar surface area (TPSA) is 85.4 Å². The van der Waals surface area contributed by atoms with E-state index >= 15 is 0 Å². The first-order valence-corrected chi connectivity index (χ1v) is 7.70. The average molecular weight is 332 g/mol. The van der Waals surface area contributed by atoms with Crippen molar-refractivity contribution in [2.45, 2.75) is 12.1 Å². The van der Waals surface area contributed by atoms with Gasteiger partial charge in [-0.2, -0.15) is 5.06 Å². The number of anilines is 1. The van der Waals surface area contributed by atoms with Crippen LogP contribution in [-0.4, -0.2) is 61.9 Å². The van der Waals surface area contributed by atoms with Crippen LogP contribution in [-0.2, 0) is 23.9 Å². The molecule has 0 radical (unpaired) electrons. The van der Waals surface area contributed by atoms with Crippen molar-refractivity contribution in [3.8, 4) is 0 Å². The number of hydroxylamine groups is 2. The van der Waals surface area contributed by atoms with Gasteiger partial charge < -0.3 is 9.47 Å². The fourth-order valence-electron chi connectivity index (χ4n) is 3.50. The number of carbonyl (C=O) groups is 3. The van der Waals surface area contributed by atoms with Crippen molar-refractivity contribution in [3.63, 3.8) is 0 Å². The normalized spacial score (nSPS) is 29.5. The highest BCUT2D eigenvalue weighted by molar-refractivity contribution is 6.25. The number of amides is 2. The van der Waals surface area contributed by atoms with E-state index in [1.54, 1.807) is 23.3 Å². The third kappa shape index (κ3) is 2.07. The van der Waals surface area contributed by atoms with Gasteiger partial charge in [0.05, 0.1) is 43.5 Å². The Labute approximate surface area is 137 Å². The predicted octanol–water partition coefficient (Wildman–Crippen LogP) is -0.0228. The maximum absolute atomic E-state index is 12.9. The summed E-state index contributed by atoms with van der Waals surface area (Å²) < 4.78 is 10.2. The largest absolute Gasteiger partial charge is 0.465 e. The van der Waals surface area contributed by atoms with Crippen LogP contribution in [0.25, 0.3) is 0 Å². The van der Waals surface area contributed by atoms with E-state index in [1.165, 1.54) is 13.2 Å². The molecular formula is C16H16N2O6. The Morgan fingerprint density at radius 3 is 2.83 bits per heavy atom. The van der Waals surface area contributed by atoms with Crippen molar-refractivity contribution in [1.29, 1.82) is 0 Å². The number of fused-ring (bicyclic) bond motifs is 3. The summed E-state index contributed by atoms with van der Waals surface area (Å²) in [7, 11) is 1.25. The fourth-order valence-corrected chi connectivity index (χ4v) is 3.50. The van der Waals surface area contributed by atoms with Crippen LogP contribution in [0.3, 0.4) is 0 Å². The molecule has 24 heavy (non-hydrogen) atoms. The number of carbonyl (C=O) groups excluding carboxylic acids is 3. The zero-order valence-corrected chi connectivity index (χ0v) is 13.0. The number of hydrogen-bond donors (Lipinski definition) is 0. The van der Waals surface area contributed by atoms with Gasteiger partial charge in [-0.15, -0.1) is 0 Å². The number of imide groups is 1. The van der Waals surface area contributed by atoms with Gasteiger partial charge in [-0.3, -0.25) is 14.4 Å². The van der Waals surface area contributed by atoms with E-state index in [0.717, 1.165) is 4.90 Å². The molecule has 0 spiro atoms. The first kappa shape index (κ1) is 15.3. The molecule has 8 heteroatoms. The number of benzene rings is 1. The third-order valence-corrected chi connectivity index (χ3v) is 4.62. The van der Waals surface area contributed by atoms with E-state index in [9.17, 15) is 14.4 Å². The molecule has 1 aromatic carbocycles. The maximum atomic E-state index is 12.9. The highest BCUT2D eigenvalue weighted by Gasteiger charge is 2.60. The lowest BCUT2D eigenvalue weighted by atomic mass is 9.97. The van der Waals surface area contributed by atoms with E-state index in [-0.39, 0.29) is 23.2 Å². The van der Waals surface area contributed by atoms with Crippen molar-refractivity contribution in [3.05, 3.63) is 29.8 Å². The molecule has 0 N–H and O–H groups in total. The third-order valence-electron chi connectivity index (χ3n) is 4.62. The molecule has 3 heterocycles. The molecule has 0 bridgehead atoms. The summed E-state index contributed by atoms with van der Waals surface area (Å²) in [6.45, 7) is 1.37. The van der Waals surface area contributed by atoms with Crippen molar-refractivity contribution < 1.29 is 28.7 Å². The average Bonchev–Trinajstić information content (AvgIpc) is 3.11. The van der Waals surface area contributed by atoms with Crippen LogP contribution in [0.1, 0.15) is 10.4 Å². The van der Waals surface area contributed by atoms with Gasteiger partial charge in [0.1, 0.15) is 0 Å².